The second-order valence-corrected chi connectivity index (χ2v) is 14.9. The van der Waals surface area contributed by atoms with Crippen LogP contribution in [-0.2, 0) is 13.1 Å². The monoisotopic (exact) mass is 641 g/mol. The van der Waals surface area contributed by atoms with Crippen LogP contribution in [0.25, 0.3) is 0 Å². The molecule has 0 aliphatic rings. The van der Waals surface area contributed by atoms with Gasteiger partial charge in [-0.05, 0) is 24.0 Å². The Morgan fingerprint density at radius 2 is 0.652 bits per heavy atom. The van der Waals surface area contributed by atoms with E-state index in [-0.39, 0.29) is 0 Å². The van der Waals surface area contributed by atoms with E-state index in [0.717, 1.165) is 6.54 Å². The fourth-order valence-electron chi connectivity index (χ4n) is 7.10. The third-order valence-corrected chi connectivity index (χ3v) is 10.4. The normalized spacial score (nSPS) is 12.2. The average Bonchev–Trinajstić information content (AvgIpc) is 3.08. The van der Waals surface area contributed by atoms with Crippen LogP contribution in [0.5, 0.6) is 0 Å². The Labute approximate surface area is 290 Å². The van der Waals surface area contributed by atoms with Crippen molar-refractivity contribution in [2.75, 3.05) is 0 Å². The summed E-state index contributed by atoms with van der Waals surface area (Å²) in [5.41, 5.74) is 8.43. The molecule has 46 heavy (non-hydrogen) atoms. The van der Waals surface area contributed by atoms with Crippen LogP contribution in [0.15, 0.2) is 24.3 Å². The van der Waals surface area contributed by atoms with Crippen molar-refractivity contribution in [2.45, 2.75) is 245 Å². The Morgan fingerprint density at radius 1 is 0.391 bits per heavy atom. The molecule has 0 radical (unpaired) electrons. The molecule has 1 aromatic rings. The minimum absolute atomic E-state index is 0.634. The largest absolute Gasteiger partial charge is 0.326 e. The SMILES string of the molecule is CCCCCCCCCCCCCCCCCCC(CCCCCCCCCCCCCCCCC)NCc1ccc(CN)cc1. The van der Waals surface area contributed by atoms with Crippen LogP contribution < -0.4 is 11.1 Å². The van der Waals surface area contributed by atoms with Gasteiger partial charge in [0.05, 0.1) is 0 Å². The first kappa shape index (κ1) is 43.2. The maximum atomic E-state index is 5.81. The van der Waals surface area contributed by atoms with E-state index in [1.807, 2.05) is 0 Å². The Hall–Kier alpha value is -0.860. The minimum Gasteiger partial charge on any atom is -0.326 e. The van der Waals surface area contributed by atoms with Crippen molar-refractivity contribution in [3.8, 4) is 0 Å². The molecule has 0 amide bonds. The van der Waals surface area contributed by atoms with Crippen LogP contribution in [-0.4, -0.2) is 6.04 Å². The lowest BCUT2D eigenvalue weighted by atomic mass is 9.99. The van der Waals surface area contributed by atoms with Gasteiger partial charge in [0.2, 0.25) is 0 Å². The molecule has 0 aromatic heterocycles. The van der Waals surface area contributed by atoms with Crippen LogP contribution in [0.4, 0.5) is 0 Å². The maximum Gasteiger partial charge on any atom is 0.0208 e. The topological polar surface area (TPSA) is 38.0 Å². The van der Waals surface area contributed by atoms with Gasteiger partial charge in [-0.1, -0.05) is 237 Å². The highest BCUT2D eigenvalue weighted by Crippen LogP contribution is 2.18. The fourth-order valence-corrected chi connectivity index (χ4v) is 7.10. The highest BCUT2D eigenvalue weighted by molar-refractivity contribution is 5.22. The lowest BCUT2D eigenvalue weighted by Gasteiger charge is -2.19. The second kappa shape index (κ2) is 35.4. The molecule has 270 valence electrons. The standard InChI is InChI=1S/C44H84N2/c1-3-5-7-9-11-13-15-17-19-21-23-25-27-29-31-33-35-44(46-41-43-38-36-42(40-45)37-39-43)34-32-30-28-26-24-22-20-18-16-14-12-10-8-6-4-2/h36-39,44,46H,3-35,40-41,45H2,1-2H3. The lowest BCUT2D eigenvalue weighted by molar-refractivity contribution is 0.409. The van der Waals surface area contributed by atoms with Crippen LogP contribution >= 0.6 is 0 Å². The number of hydrogen-bond acceptors (Lipinski definition) is 2. The molecule has 0 aliphatic carbocycles. The van der Waals surface area contributed by atoms with Gasteiger partial charge < -0.3 is 11.1 Å². The number of unbranched alkanes of at least 4 members (excludes halogenated alkanes) is 29. The number of nitrogens with two attached hydrogens (primary N) is 1. The van der Waals surface area contributed by atoms with Gasteiger partial charge >= 0.3 is 0 Å². The van der Waals surface area contributed by atoms with Crippen molar-refractivity contribution in [3.63, 3.8) is 0 Å². The summed E-state index contributed by atoms with van der Waals surface area (Å²) >= 11 is 0. The molecule has 1 unspecified atom stereocenters. The van der Waals surface area contributed by atoms with Crippen molar-refractivity contribution in [1.29, 1.82) is 0 Å². The van der Waals surface area contributed by atoms with E-state index < -0.39 is 0 Å². The Morgan fingerprint density at radius 3 is 0.935 bits per heavy atom. The van der Waals surface area contributed by atoms with E-state index in [2.05, 4.69) is 43.4 Å². The van der Waals surface area contributed by atoms with Gasteiger partial charge in [0, 0.05) is 19.1 Å². The Balaban J connectivity index is 2.09. The van der Waals surface area contributed by atoms with E-state index in [0.29, 0.717) is 12.6 Å². The molecule has 1 rings (SSSR count). The number of nitrogens with one attached hydrogen (secondary N) is 1. The Kier molecular flexibility index (Phi) is 33.3. The average molecular weight is 641 g/mol. The molecule has 0 spiro atoms. The lowest BCUT2D eigenvalue weighted by Crippen LogP contribution is -2.28. The van der Waals surface area contributed by atoms with Crippen molar-refractivity contribution in [1.82, 2.24) is 5.32 Å². The van der Waals surface area contributed by atoms with E-state index in [1.165, 1.54) is 223 Å². The highest BCUT2D eigenvalue weighted by Gasteiger charge is 2.09. The predicted molar refractivity (Wildman–Crippen MR) is 209 cm³/mol. The van der Waals surface area contributed by atoms with Gasteiger partial charge in [0.25, 0.3) is 0 Å². The van der Waals surface area contributed by atoms with Gasteiger partial charge in [-0.3, -0.25) is 0 Å². The molecular weight excluding hydrogens is 556 g/mol. The molecule has 0 bridgehead atoms. The summed E-state index contributed by atoms with van der Waals surface area (Å²) in [6, 6.07) is 9.57. The molecule has 2 nitrogen and oxygen atoms in total. The molecule has 0 heterocycles. The zero-order valence-electron chi connectivity index (χ0n) is 31.7. The molecule has 0 saturated carbocycles. The minimum atomic E-state index is 0.634. The molecule has 1 atom stereocenters. The summed E-state index contributed by atoms with van der Waals surface area (Å²) in [5, 5.41) is 3.94. The quantitative estimate of drug-likeness (QED) is 0.0710. The van der Waals surface area contributed by atoms with E-state index in [1.54, 1.807) is 0 Å². The van der Waals surface area contributed by atoms with Crippen molar-refractivity contribution < 1.29 is 0 Å². The highest BCUT2D eigenvalue weighted by atomic mass is 14.9. The first-order valence-corrected chi connectivity index (χ1v) is 21.3. The summed E-state index contributed by atoms with van der Waals surface area (Å²) in [5.74, 6) is 0. The summed E-state index contributed by atoms with van der Waals surface area (Å²) in [6.07, 6.45) is 47.5. The van der Waals surface area contributed by atoms with Crippen LogP contribution in [0.3, 0.4) is 0 Å². The van der Waals surface area contributed by atoms with Gasteiger partial charge in [0.1, 0.15) is 0 Å². The van der Waals surface area contributed by atoms with Gasteiger partial charge in [0.15, 0.2) is 0 Å². The molecule has 3 N–H and O–H groups in total. The number of benzene rings is 1. The van der Waals surface area contributed by atoms with Crippen molar-refractivity contribution in [2.24, 2.45) is 5.73 Å². The van der Waals surface area contributed by atoms with Crippen molar-refractivity contribution in [3.05, 3.63) is 35.4 Å². The second-order valence-electron chi connectivity index (χ2n) is 14.9. The smallest absolute Gasteiger partial charge is 0.0208 e. The van der Waals surface area contributed by atoms with Crippen LogP contribution in [0.1, 0.15) is 237 Å². The maximum absolute atomic E-state index is 5.81. The Bertz CT molecular complexity index is 698. The third-order valence-electron chi connectivity index (χ3n) is 10.4. The summed E-state index contributed by atoms with van der Waals surface area (Å²) in [6.45, 7) is 6.24. The van der Waals surface area contributed by atoms with Crippen LogP contribution in [0.2, 0.25) is 0 Å². The summed E-state index contributed by atoms with van der Waals surface area (Å²) < 4.78 is 0. The zero-order chi connectivity index (χ0) is 33.0. The molecule has 1 aromatic carbocycles. The van der Waals surface area contributed by atoms with E-state index in [9.17, 15) is 0 Å². The third kappa shape index (κ3) is 29.3. The molecule has 0 saturated heterocycles. The van der Waals surface area contributed by atoms with Crippen LogP contribution in [0, 0.1) is 0 Å². The van der Waals surface area contributed by atoms with Crippen molar-refractivity contribution >= 4 is 0 Å². The predicted octanol–water partition coefficient (Wildman–Crippen LogP) is 14.5. The number of rotatable bonds is 37. The van der Waals surface area contributed by atoms with Gasteiger partial charge in [-0.2, -0.15) is 0 Å². The molecular formula is C44H84N2. The molecule has 0 aliphatic heterocycles. The summed E-state index contributed by atoms with van der Waals surface area (Å²) in [7, 11) is 0. The molecule has 0 fully saturated rings. The van der Waals surface area contributed by atoms with Gasteiger partial charge in [-0.15, -0.1) is 0 Å². The fraction of sp³-hybridized carbons (Fsp3) is 0.864. The van der Waals surface area contributed by atoms with E-state index in [4.69, 9.17) is 5.73 Å². The molecule has 2 heteroatoms. The van der Waals surface area contributed by atoms with Gasteiger partial charge in [-0.25, -0.2) is 0 Å². The number of hydrogen-bond donors (Lipinski definition) is 2. The first-order chi connectivity index (χ1) is 22.8. The summed E-state index contributed by atoms with van der Waals surface area (Å²) in [4.78, 5) is 0. The zero-order valence-corrected chi connectivity index (χ0v) is 31.7. The van der Waals surface area contributed by atoms with E-state index >= 15 is 0 Å². The first-order valence-electron chi connectivity index (χ1n) is 21.3.